The Kier molecular flexibility index (Phi) is 7.51. The lowest BCUT2D eigenvalue weighted by atomic mass is 10.0. The maximum atomic E-state index is 13.2. The van der Waals surface area contributed by atoms with Gasteiger partial charge >= 0.3 is 0 Å². The van der Waals surface area contributed by atoms with Crippen LogP contribution in [0.4, 0.5) is 17.3 Å². The average molecular weight is 520 g/mol. The Morgan fingerprint density at radius 1 is 1.16 bits per heavy atom. The molecule has 1 aromatic carbocycles. The van der Waals surface area contributed by atoms with Gasteiger partial charge in [-0.25, -0.2) is 4.98 Å². The molecule has 1 N–H and O–H groups in total. The predicted octanol–water partition coefficient (Wildman–Crippen LogP) is 3.18. The van der Waals surface area contributed by atoms with E-state index in [-0.39, 0.29) is 17.5 Å². The van der Waals surface area contributed by atoms with Gasteiger partial charge in [0.1, 0.15) is 11.4 Å². The summed E-state index contributed by atoms with van der Waals surface area (Å²) in [6, 6.07) is 7.61. The van der Waals surface area contributed by atoms with Crippen molar-refractivity contribution in [2.45, 2.75) is 39.2 Å². The number of likely N-dealkylation sites (tertiary alicyclic amines) is 1. The number of fused-ring (bicyclic) bond motifs is 1. The van der Waals surface area contributed by atoms with Gasteiger partial charge in [0.05, 0.1) is 18.8 Å². The van der Waals surface area contributed by atoms with Crippen LogP contribution in [0, 0.1) is 6.92 Å². The van der Waals surface area contributed by atoms with Crippen LogP contribution in [0.1, 0.15) is 37.8 Å². The number of ether oxygens (including phenoxy) is 1. The Bertz CT molecular complexity index is 1380. The molecule has 38 heavy (non-hydrogen) atoms. The summed E-state index contributed by atoms with van der Waals surface area (Å²) in [4.78, 5) is 41.5. The first-order valence-electron chi connectivity index (χ1n) is 13.4. The van der Waals surface area contributed by atoms with E-state index in [0.29, 0.717) is 30.3 Å². The number of pyridine rings is 1. The number of carbonyl (C=O) groups excluding carboxylic acids is 1. The molecule has 5 rings (SSSR count). The Balaban J connectivity index is 1.47. The average Bonchev–Trinajstić information content (AvgIpc) is 2.93. The zero-order valence-corrected chi connectivity index (χ0v) is 22.7. The standard InChI is InChI=1S/C28H37N7O3/c1-5-25(36)34-10-6-7-21(18-34)35-26(37)15-19(2)22-17-29-28(31-27(22)35)30-23-9-8-20(16-24(23)38-4)33-13-11-32(3)12-14-33/h8-9,15-17,21H,5-7,10-14,18H2,1-4H3,(H,29,30,31)/t21-/m0/s1. The minimum atomic E-state index is -0.130. The second-order valence-corrected chi connectivity index (χ2v) is 10.3. The van der Waals surface area contributed by atoms with Crippen LogP contribution < -0.4 is 20.5 Å². The third kappa shape index (κ3) is 5.18. The number of anilines is 3. The van der Waals surface area contributed by atoms with E-state index in [1.54, 1.807) is 23.9 Å². The first-order chi connectivity index (χ1) is 18.4. The molecule has 0 radical (unpaired) electrons. The lowest BCUT2D eigenvalue weighted by molar-refractivity contribution is -0.132. The summed E-state index contributed by atoms with van der Waals surface area (Å²) in [5, 5.41) is 4.13. The number of nitrogens with one attached hydrogen (secondary N) is 1. The van der Waals surface area contributed by atoms with Gasteiger partial charge in [0.25, 0.3) is 5.56 Å². The predicted molar refractivity (Wildman–Crippen MR) is 150 cm³/mol. The molecule has 10 heteroatoms. The molecular formula is C28H37N7O3. The summed E-state index contributed by atoms with van der Waals surface area (Å²) in [6.07, 6.45) is 3.89. The quantitative estimate of drug-likeness (QED) is 0.531. The van der Waals surface area contributed by atoms with Crippen molar-refractivity contribution in [3.8, 4) is 5.75 Å². The maximum Gasteiger partial charge on any atom is 0.252 e. The van der Waals surface area contributed by atoms with Crippen molar-refractivity contribution >= 4 is 34.3 Å². The van der Waals surface area contributed by atoms with E-state index < -0.39 is 0 Å². The van der Waals surface area contributed by atoms with E-state index >= 15 is 0 Å². The largest absolute Gasteiger partial charge is 0.494 e. The second kappa shape index (κ2) is 11.0. The summed E-state index contributed by atoms with van der Waals surface area (Å²) in [5.41, 5.74) is 3.18. The van der Waals surface area contributed by atoms with Crippen molar-refractivity contribution in [3.05, 3.63) is 46.4 Å². The van der Waals surface area contributed by atoms with Crippen molar-refractivity contribution in [2.75, 3.05) is 63.6 Å². The van der Waals surface area contributed by atoms with Crippen molar-refractivity contribution < 1.29 is 9.53 Å². The molecule has 0 unspecified atom stereocenters. The van der Waals surface area contributed by atoms with Crippen LogP contribution in [0.5, 0.6) is 5.75 Å². The van der Waals surface area contributed by atoms with Crippen LogP contribution in [0.2, 0.25) is 0 Å². The summed E-state index contributed by atoms with van der Waals surface area (Å²) < 4.78 is 7.46. The number of piperazine rings is 1. The second-order valence-electron chi connectivity index (χ2n) is 10.3. The molecule has 2 aromatic heterocycles. The first-order valence-corrected chi connectivity index (χ1v) is 13.4. The number of piperidine rings is 1. The Labute approximate surface area is 223 Å². The van der Waals surface area contributed by atoms with Gasteiger partial charge in [-0.2, -0.15) is 4.98 Å². The number of benzene rings is 1. The van der Waals surface area contributed by atoms with Gasteiger partial charge in [0, 0.05) is 75.1 Å². The number of methoxy groups -OCH3 is 1. The van der Waals surface area contributed by atoms with E-state index in [9.17, 15) is 9.59 Å². The smallest absolute Gasteiger partial charge is 0.252 e. The third-order valence-electron chi connectivity index (χ3n) is 7.72. The highest BCUT2D eigenvalue weighted by molar-refractivity contribution is 5.80. The highest BCUT2D eigenvalue weighted by atomic mass is 16.5. The molecule has 10 nitrogen and oxygen atoms in total. The number of hydrogen-bond acceptors (Lipinski definition) is 8. The topological polar surface area (TPSA) is 95.8 Å². The van der Waals surface area contributed by atoms with Gasteiger partial charge in [-0.1, -0.05) is 6.92 Å². The number of hydrogen-bond donors (Lipinski definition) is 1. The lowest BCUT2D eigenvalue weighted by Gasteiger charge is -2.34. The molecule has 3 aromatic rings. The van der Waals surface area contributed by atoms with Gasteiger partial charge in [0.2, 0.25) is 11.9 Å². The van der Waals surface area contributed by atoms with E-state index in [4.69, 9.17) is 9.72 Å². The molecule has 202 valence electrons. The number of amides is 1. The molecular weight excluding hydrogens is 482 g/mol. The molecule has 4 heterocycles. The zero-order chi connectivity index (χ0) is 26.8. The number of likely N-dealkylation sites (N-methyl/N-ethyl adjacent to an activating group) is 1. The van der Waals surface area contributed by atoms with Crippen LogP contribution in [0.3, 0.4) is 0 Å². The number of nitrogens with zero attached hydrogens (tertiary/aromatic N) is 6. The van der Waals surface area contributed by atoms with E-state index in [0.717, 1.165) is 67.9 Å². The first kappa shape index (κ1) is 26.0. The third-order valence-corrected chi connectivity index (χ3v) is 7.72. The summed E-state index contributed by atoms with van der Waals surface area (Å²) in [7, 11) is 3.80. The molecule has 0 saturated carbocycles. The van der Waals surface area contributed by atoms with E-state index in [2.05, 4.69) is 33.2 Å². The highest BCUT2D eigenvalue weighted by Gasteiger charge is 2.26. The van der Waals surface area contributed by atoms with Crippen molar-refractivity contribution in [1.29, 1.82) is 0 Å². The number of rotatable bonds is 6. The van der Waals surface area contributed by atoms with E-state index in [1.165, 1.54) is 0 Å². The number of aromatic nitrogens is 3. The molecule has 2 saturated heterocycles. The van der Waals surface area contributed by atoms with Crippen LogP contribution >= 0.6 is 0 Å². The Morgan fingerprint density at radius 3 is 2.68 bits per heavy atom. The minimum Gasteiger partial charge on any atom is -0.494 e. The summed E-state index contributed by atoms with van der Waals surface area (Å²) >= 11 is 0. The van der Waals surface area contributed by atoms with Gasteiger partial charge < -0.3 is 24.8 Å². The van der Waals surface area contributed by atoms with Gasteiger partial charge in [0.15, 0.2) is 0 Å². The van der Waals surface area contributed by atoms with Gasteiger partial charge in [-0.3, -0.25) is 14.2 Å². The maximum absolute atomic E-state index is 13.2. The molecule has 1 amide bonds. The number of carbonyl (C=O) groups is 1. The summed E-state index contributed by atoms with van der Waals surface area (Å²) in [6.45, 7) is 9.01. The van der Waals surface area contributed by atoms with Crippen molar-refractivity contribution in [2.24, 2.45) is 0 Å². The van der Waals surface area contributed by atoms with Gasteiger partial charge in [-0.15, -0.1) is 0 Å². The molecule has 2 aliphatic heterocycles. The molecule has 2 fully saturated rings. The normalized spacial score (nSPS) is 18.6. The molecule has 0 spiro atoms. The fraction of sp³-hybridized carbons (Fsp3) is 0.500. The fourth-order valence-electron chi connectivity index (χ4n) is 5.47. The van der Waals surface area contributed by atoms with Crippen molar-refractivity contribution in [3.63, 3.8) is 0 Å². The van der Waals surface area contributed by atoms with Crippen LogP contribution in [0.25, 0.3) is 11.0 Å². The molecule has 1 atom stereocenters. The van der Waals surface area contributed by atoms with Crippen molar-refractivity contribution in [1.82, 2.24) is 24.3 Å². The monoisotopic (exact) mass is 519 g/mol. The van der Waals surface area contributed by atoms with Crippen LogP contribution in [-0.4, -0.2) is 83.7 Å². The summed E-state index contributed by atoms with van der Waals surface area (Å²) in [5.74, 6) is 1.20. The Morgan fingerprint density at radius 2 is 1.95 bits per heavy atom. The van der Waals surface area contributed by atoms with Gasteiger partial charge in [-0.05, 0) is 44.5 Å². The molecule has 2 aliphatic rings. The zero-order valence-electron chi connectivity index (χ0n) is 22.7. The fourth-order valence-corrected chi connectivity index (χ4v) is 5.47. The molecule has 0 bridgehead atoms. The highest BCUT2D eigenvalue weighted by Crippen LogP contribution is 2.32. The van der Waals surface area contributed by atoms with Crippen LogP contribution in [0.15, 0.2) is 35.3 Å². The molecule has 0 aliphatic carbocycles. The van der Waals surface area contributed by atoms with E-state index in [1.807, 2.05) is 30.9 Å². The van der Waals surface area contributed by atoms with Crippen LogP contribution in [-0.2, 0) is 4.79 Å². The Hall–Kier alpha value is -3.66. The lowest BCUT2D eigenvalue weighted by Crippen LogP contribution is -2.44. The minimum absolute atomic E-state index is 0.107. The number of aryl methyl sites for hydroxylation is 1. The SMILES string of the molecule is CCC(=O)N1CCC[C@H](n2c(=O)cc(C)c3cnc(Nc4ccc(N5CCN(C)CC5)cc4OC)nc32)C1.